The number of amides is 1. The average Bonchev–Trinajstić information content (AvgIpc) is 2.32. The summed E-state index contributed by atoms with van der Waals surface area (Å²) in [6, 6.07) is 0.934. The normalized spacial score (nSPS) is 10.5. The third-order valence-corrected chi connectivity index (χ3v) is 2.30. The van der Waals surface area contributed by atoms with Gasteiger partial charge >= 0.3 is 0 Å². The van der Waals surface area contributed by atoms with E-state index in [1.54, 1.807) is 7.11 Å². The predicted molar refractivity (Wildman–Crippen MR) is 63.4 cm³/mol. The van der Waals surface area contributed by atoms with Gasteiger partial charge in [-0.1, -0.05) is 0 Å². The van der Waals surface area contributed by atoms with Crippen molar-refractivity contribution in [2.75, 3.05) is 33.4 Å². The number of rotatable bonds is 7. The number of benzene rings is 1. The molecule has 0 fully saturated rings. The monoisotopic (exact) mass is 276 g/mol. The summed E-state index contributed by atoms with van der Waals surface area (Å²) in [5, 5.41) is 5.28. The van der Waals surface area contributed by atoms with E-state index in [-0.39, 0.29) is 6.54 Å². The Morgan fingerprint density at radius 3 is 2.37 bits per heavy atom. The quantitative estimate of drug-likeness (QED) is 0.732. The van der Waals surface area contributed by atoms with Crippen molar-refractivity contribution in [1.82, 2.24) is 10.6 Å². The second kappa shape index (κ2) is 7.75. The zero-order chi connectivity index (χ0) is 14.3. The van der Waals surface area contributed by atoms with Crippen LogP contribution in [-0.4, -0.2) is 39.3 Å². The summed E-state index contributed by atoms with van der Waals surface area (Å²) in [5.74, 6) is -4.42. The lowest BCUT2D eigenvalue weighted by Crippen LogP contribution is -2.34. The van der Waals surface area contributed by atoms with Crippen LogP contribution in [-0.2, 0) is 4.74 Å². The topological polar surface area (TPSA) is 50.4 Å². The van der Waals surface area contributed by atoms with E-state index in [1.807, 2.05) is 0 Å². The smallest absolute Gasteiger partial charge is 0.257 e. The number of ether oxygens (including phenoxy) is 1. The second-order valence-corrected chi connectivity index (χ2v) is 3.74. The van der Waals surface area contributed by atoms with Gasteiger partial charge in [0.05, 0.1) is 6.61 Å². The molecular weight excluding hydrogens is 261 g/mol. The summed E-state index contributed by atoms with van der Waals surface area (Å²) in [6.45, 7) is 1.75. The van der Waals surface area contributed by atoms with Crippen LogP contribution < -0.4 is 10.6 Å². The van der Waals surface area contributed by atoms with Crippen molar-refractivity contribution >= 4 is 5.91 Å². The molecule has 0 aliphatic heterocycles. The summed E-state index contributed by atoms with van der Waals surface area (Å²) in [4.78, 5) is 11.5. The third-order valence-electron chi connectivity index (χ3n) is 2.30. The number of halogens is 3. The summed E-state index contributed by atoms with van der Waals surface area (Å²) < 4.78 is 44.0. The number of carbonyl (C=O) groups is 1. The maximum absolute atomic E-state index is 13.3. The first kappa shape index (κ1) is 15.5. The Morgan fingerprint density at radius 1 is 1.16 bits per heavy atom. The van der Waals surface area contributed by atoms with Gasteiger partial charge in [-0.3, -0.25) is 4.79 Å². The maximum Gasteiger partial charge on any atom is 0.257 e. The first-order valence-electron chi connectivity index (χ1n) is 5.68. The molecule has 106 valence electrons. The van der Waals surface area contributed by atoms with Gasteiger partial charge < -0.3 is 15.4 Å². The van der Waals surface area contributed by atoms with E-state index in [4.69, 9.17) is 4.74 Å². The zero-order valence-electron chi connectivity index (χ0n) is 10.4. The Hall–Kier alpha value is -1.60. The van der Waals surface area contributed by atoms with Gasteiger partial charge in [0.1, 0.15) is 23.0 Å². The molecule has 1 rings (SSSR count). The molecule has 0 aliphatic rings. The highest BCUT2D eigenvalue weighted by molar-refractivity contribution is 5.94. The molecule has 1 amide bonds. The van der Waals surface area contributed by atoms with Gasteiger partial charge in [0, 0.05) is 38.9 Å². The summed E-state index contributed by atoms with van der Waals surface area (Å²) in [7, 11) is 1.56. The number of nitrogens with one attached hydrogen (secondary N) is 2. The average molecular weight is 276 g/mol. The third kappa shape index (κ3) is 4.88. The lowest BCUT2D eigenvalue weighted by molar-refractivity contribution is 0.0945. The fourth-order valence-corrected chi connectivity index (χ4v) is 1.41. The van der Waals surface area contributed by atoms with Crippen molar-refractivity contribution in [2.45, 2.75) is 0 Å². The number of carbonyl (C=O) groups excluding carboxylic acids is 1. The number of hydrogen-bond donors (Lipinski definition) is 2. The van der Waals surface area contributed by atoms with Crippen LogP contribution in [0.4, 0.5) is 13.2 Å². The fraction of sp³-hybridized carbons (Fsp3) is 0.417. The molecule has 4 nitrogen and oxygen atoms in total. The molecule has 0 unspecified atom stereocenters. The Labute approximate surface area is 108 Å². The molecule has 1 aromatic carbocycles. The first-order chi connectivity index (χ1) is 9.06. The van der Waals surface area contributed by atoms with Gasteiger partial charge in [0.25, 0.3) is 5.91 Å². The van der Waals surface area contributed by atoms with Crippen LogP contribution in [0.1, 0.15) is 10.4 Å². The van der Waals surface area contributed by atoms with E-state index < -0.39 is 28.9 Å². The minimum absolute atomic E-state index is 0.193. The van der Waals surface area contributed by atoms with Gasteiger partial charge in [-0.2, -0.15) is 0 Å². The Balaban J connectivity index is 2.46. The molecule has 19 heavy (non-hydrogen) atoms. The van der Waals surface area contributed by atoms with Crippen LogP contribution in [0, 0.1) is 17.5 Å². The Kier molecular flexibility index (Phi) is 6.31. The van der Waals surface area contributed by atoms with Gasteiger partial charge in [-0.15, -0.1) is 0 Å². The zero-order valence-corrected chi connectivity index (χ0v) is 10.4. The van der Waals surface area contributed by atoms with Crippen LogP contribution in [0.2, 0.25) is 0 Å². The lowest BCUT2D eigenvalue weighted by atomic mass is 10.2. The first-order valence-corrected chi connectivity index (χ1v) is 5.68. The van der Waals surface area contributed by atoms with Crippen molar-refractivity contribution < 1.29 is 22.7 Å². The van der Waals surface area contributed by atoms with Crippen molar-refractivity contribution in [3.63, 3.8) is 0 Å². The van der Waals surface area contributed by atoms with Crippen molar-refractivity contribution in [3.05, 3.63) is 35.1 Å². The molecule has 0 atom stereocenters. The molecular formula is C12H15F3N2O2. The molecule has 0 spiro atoms. The van der Waals surface area contributed by atoms with Crippen molar-refractivity contribution in [2.24, 2.45) is 0 Å². The van der Waals surface area contributed by atoms with Gasteiger partial charge in [0.15, 0.2) is 0 Å². The maximum atomic E-state index is 13.3. The van der Waals surface area contributed by atoms with E-state index in [1.165, 1.54) is 0 Å². The van der Waals surface area contributed by atoms with Crippen LogP contribution in [0.3, 0.4) is 0 Å². The van der Waals surface area contributed by atoms with Crippen molar-refractivity contribution in [3.8, 4) is 0 Å². The highest BCUT2D eigenvalue weighted by Crippen LogP contribution is 2.14. The number of hydrogen-bond acceptors (Lipinski definition) is 3. The van der Waals surface area contributed by atoms with E-state index in [0.29, 0.717) is 31.8 Å². The van der Waals surface area contributed by atoms with Gasteiger partial charge in [-0.25, -0.2) is 13.2 Å². The second-order valence-electron chi connectivity index (χ2n) is 3.74. The predicted octanol–water partition coefficient (Wildman–Crippen LogP) is 1.07. The van der Waals surface area contributed by atoms with Gasteiger partial charge in [-0.05, 0) is 0 Å². The summed E-state index contributed by atoms with van der Waals surface area (Å²) in [5.41, 5.74) is -0.779. The molecule has 7 heteroatoms. The van der Waals surface area contributed by atoms with Crippen LogP contribution >= 0.6 is 0 Å². The molecule has 0 aliphatic carbocycles. The Bertz CT molecular complexity index is 418. The van der Waals surface area contributed by atoms with E-state index in [9.17, 15) is 18.0 Å². The highest BCUT2D eigenvalue weighted by atomic mass is 19.1. The minimum atomic E-state index is -1.22. The van der Waals surface area contributed by atoms with Crippen LogP contribution in [0.25, 0.3) is 0 Å². The molecule has 2 N–H and O–H groups in total. The number of methoxy groups -OCH3 is 1. The van der Waals surface area contributed by atoms with Gasteiger partial charge in [0.2, 0.25) is 0 Å². The summed E-state index contributed by atoms with van der Waals surface area (Å²) >= 11 is 0. The molecule has 0 aromatic heterocycles. The highest BCUT2D eigenvalue weighted by Gasteiger charge is 2.18. The largest absolute Gasteiger partial charge is 0.383 e. The van der Waals surface area contributed by atoms with Crippen molar-refractivity contribution in [1.29, 1.82) is 0 Å². The SMILES string of the molecule is COCCNCCNC(=O)c1c(F)cc(F)cc1F. The van der Waals surface area contributed by atoms with E-state index in [2.05, 4.69) is 10.6 Å². The molecule has 0 bridgehead atoms. The van der Waals surface area contributed by atoms with E-state index >= 15 is 0 Å². The van der Waals surface area contributed by atoms with E-state index in [0.717, 1.165) is 0 Å². The van der Waals surface area contributed by atoms with Crippen LogP contribution in [0.5, 0.6) is 0 Å². The molecule has 0 heterocycles. The Morgan fingerprint density at radius 2 is 1.79 bits per heavy atom. The molecule has 0 saturated carbocycles. The fourth-order valence-electron chi connectivity index (χ4n) is 1.41. The molecule has 0 saturated heterocycles. The minimum Gasteiger partial charge on any atom is -0.383 e. The molecule has 0 radical (unpaired) electrons. The lowest BCUT2D eigenvalue weighted by Gasteiger charge is -2.08. The summed E-state index contributed by atoms with van der Waals surface area (Å²) in [6.07, 6.45) is 0. The molecule has 1 aromatic rings. The standard InChI is InChI=1S/C12H15F3N2O2/c1-19-5-4-16-2-3-17-12(18)11-9(14)6-8(13)7-10(11)15/h6-7,16H,2-5H2,1H3,(H,17,18). The van der Waals surface area contributed by atoms with Crippen LogP contribution in [0.15, 0.2) is 12.1 Å².